The van der Waals surface area contributed by atoms with E-state index in [1.807, 2.05) is 0 Å². The highest BCUT2D eigenvalue weighted by atomic mass is 16.8. The van der Waals surface area contributed by atoms with Gasteiger partial charge < -0.3 is 18.9 Å². The molecule has 3 aliphatic heterocycles. The van der Waals surface area contributed by atoms with Crippen molar-refractivity contribution in [2.24, 2.45) is 11.8 Å². The first kappa shape index (κ1) is 17.4. The molecule has 0 N–H and O–H groups in total. The lowest BCUT2D eigenvalue weighted by Gasteiger charge is -2.61. The number of nitrogens with zero attached hydrogens (tertiary/aromatic N) is 1. The van der Waals surface area contributed by atoms with Crippen LogP contribution in [-0.2, 0) is 21.3 Å². The Morgan fingerprint density at radius 2 is 2.00 bits per heavy atom. The normalized spacial score (nSPS) is 39.1. The molecule has 0 aromatic heterocycles. The summed E-state index contributed by atoms with van der Waals surface area (Å²) in [5.74, 6) is 2.82. The molecule has 4 atom stereocenters. The predicted octanol–water partition coefficient (Wildman–Crippen LogP) is 3.28. The number of benzene rings is 1. The number of hydrogen-bond acceptors (Lipinski definition) is 5. The molecule has 1 aromatic rings. The van der Waals surface area contributed by atoms with Gasteiger partial charge in [0.2, 0.25) is 5.79 Å². The van der Waals surface area contributed by atoms with Crippen molar-refractivity contribution in [1.29, 1.82) is 0 Å². The number of likely N-dealkylation sites (tertiary alicyclic amines) is 1. The van der Waals surface area contributed by atoms with Gasteiger partial charge in [-0.2, -0.15) is 0 Å². The van der Waals surface area contributed by atoms with E-state index >= 15 is 0 Å². The van der Waals surface area contributed by atoms with Gasteiger partial charge in [-0.1, -0.05) is 12.5 Å². The summed E-state index contributed by atoms with van der Waals surface area (Å²) in [6, 6.07) is 5.04. The van der Waals surface area contributed by atoms with Crippen LogP contribution < -0.4 is 9.47 Å². The molecule has 156 valence electrons. The molecule has 6 aliphatic rings. The summed E-state index contributed by atoms with van der Waals surface area (Å²) in [7, 11) is 1.75. The lowest BCUT2D eigenvalue weighted by atomic mass is 9.50. The molecule has 2 bridgehead atoms. The lowest BCUT2D eigenvalue weighted by molar-refractivity contribution is -0.261. The highest BCUT2D eigenvalue weighted by Crippen LogP contribution is 2.66. The van der Waals surface area contributed by atoms with Crippen molar-refractivity contribution in [3.63, 3.8) is 0 Å². The Labute approximate surface area is 172 Å². The largest absolute Gasteiger partial charge is 0.493 e. The molecule has 0 amide bonds. The van der Waals surface area contributed by atoms with Gasteiger partial charge in [0, 0.05) is 30.0 Å². The highest BCUT2D eigenvalue weighted by molar-refractivity contribution is 5.61. The average molecular weight is 398 g/mol. The van der Waals surface area contributed by atoms with Gasteiger partial charge in [0.15, 0.2) is 17.6 Å². The molecule has 2 saturated carbocycles. The Balaban J connectivity index is 1.37. The summed E-state index contributed by atoms with van der Waals surface area (Å²) in [6.07, 6.45) is 8.64. The van der Waals surface area contributed by atoms with Crippen LogP contribution in [0, 0.1) is 11.8 Å². The Kier molecular flexibility index (Phi) is 3.53. The van der Waals surface area contributed by atoms with Crippen LogP contribution in [0.3, 0.4) is 0 Å². The van der Waals surface area contributed by atoms with E-state index in [0.717, 1.165) is 36.7 Å². The molecule has 4 fully saturated rings. The van der Waals surface area contributed by atoms with Crippen molar-refractivity contribution in [2.75, 3.05) is 33.4 Å². The smallest absolute Gasteiger partial charge is 0.206 e. The van der Waals surface area contributed by atoms with Crippen LogP contribution in [0.15, 0.2) is 12.1 Å². The van der Waals surface area contributed by atoms with E-state index in [-0.39, 0.29) is 11.5 Å². The minimum Gasteiger partial charge on any atom is -0.493 e. The second kappa shape index (κ2) is 5.89. The molecular formula is C24H31NO4. The summed E-state index contributed by atoms with van der Waals surface area (Å²) >= 11 is 0. The van der Waals surface area contributed by atoms with Gasteiger partial charge in [-0.05, 0) is 62.1 Å². The minimum atomic E-state index is -0.574. The van der Waals surface area contributed by atoms with Crippen molar-refractivity contribution >= 4 is 0 Å². The van der Waals surface area contributed by atoms with E-state index in [4.69, 9.17) is 18.9 Å². The first-order chi connectivity index (χ1) is 14.2. The van der Waals surface area contributed by atoms with E-state index in [0.29, 0.717) is 25.2 Å². The monoisotopic (exact) mass is 397 g/mol. The Bertz CT molecular complexity index is 846. The van der Waals surface area contributed by atoms with Gasteiger partial charge in [0.25, 0.3) is 0 Å². The molecule has 1 aromatic carbocycles. The van der Waals surface area contributed by atoms with Gasteiger partial charge >= 0.3 is 0 Å². The van der Waals surface area contributed by atoms with Gasteiger partial charge in [0.1, 0.15) is 0 Å². The SMILES string of the molecule is COc1ccc2c3c1O[C@@H]1C4(CC[C@@H]5[C@H](C2)N(CC2CCC2)CC[C@]351)OCCO4. The zero-order valence-corrected chi connectivity index (χ0v) is 17.3. The fraction of sp³-hybridized carbons (Fsp3) is 0.750. The molecule has 2 spiro atoms. The fourth-order valence-electron chi connectivity index (χ4n) is 7.75. The third-order valence-corrected chi connectivity index (χ3v) is 9.13. The quantitative estimate of drug-likeness (QED) is 0.783. The third-order valence-electron chi connectivity index (χ3n) is 9.13. The van der Waals surface area contributed by atoms with Gasteiger partial charge in [-0.25, -0.2) is 0 Å². The van der Waals surface area contributed by atoms with Crippen LogP contribution in [0.4, 0.5) is 0 Å². The van der Waals surface area contributed by atoms with Crippen molar-refractivity contribution in [3.8, 4) is 11.5 Å². The van der Waals surface area contributed by atoms with Crippen LogP contribution in [0.2, 0.25) is 0 Å². The summed E-state index contributed by atoms with van der Waals surface area (Å²) in [6.45, 7) is 3.82. The van der Waals surface area contributed by atoms with Crippen LogP contribution in [-0.4, -0.2) is 56.2 Å². The molecule has 7 rings (SSSR count). The molecule has 3 heterocycles. The van der Waals surface area contributed by atoms with Crippen molar-refractivity contribution in [1.82, 2.24) is 4.90 Å². The van der Waals surface area contributed by atoms with Gasteiger partial charge in [-0.15, -0.1) is 0 Å². The molecule has 0 radical (unpaired) electrons. The molecule has 0 unspecified atom stereocenters. The van der Waals surface area contributed by atoms with E-state index in [1.165, 1.54) is 49.9 Å². The van der Waals surface area contributed by atoms with Crippen LogP contribution >= 0.6 is 0 Å². The fourth-order valence-corrected chi connectivity index (χ4v) is 7.75. The number of methoxy groups -OCH3 is 1. The molecule has 3 aliphatic carbocycles. The number of fused-ring (bicyclic) bond motifs is 1. The zero-order valence-electron chi connectivity index (χ0n) is 17.3. The molecule has 29 heavy (non-hydrogen) atoms. The molecule has 2 saturated heterocycles. The van der Waals surface area contributed by atoms with E-state index in [2.05, 4.69) is 17.0 Å². The van der Waals surface area contributed by atoms with Crippen LogP contribution in [0.5, 0.6) is 11.5 Å². The molecular weight excluding hydrogens is 366 g/mol. The molecule has 5 nitrogen and oxygen atoms in total. The van der Waals surface area contributed by atoms with E-state index in [1.54, 1.807) is 7.11 Å². The predicted molar refractivity (Wildman–Crippen MR) is 107 cm³/mol. The van der Waals surface area contributed by atoms with Crippen LogP contribution in [0.25, 0.3) is 0 Å². The number of hydrogen-bond donors (Lipinski definition) is 0. The van der Waals surface area contributed by atoms with E-state index in [9.17, 15) is 0 Å². The second-order valence-electron chi connectivity index (χ2n) is 10.1. The highest BCUT2D eigenvalue weighted by Gasteiger charge is 2.71. The van der Waals surface area contributed by atoms with Crippen molar-refractivity contribution < 1.29 is 18.9 Å². The average Bonchev–Trinajstić information content (AvgIpc) is 3.30. The van der Waals surface area contributed by atoms with Crippen molar-refractivity contribution in [3.05, 3.63) is 23.3 Å². The Hall–Kier alpha value is -1.30. The summed E-state index contributed by atoms with van der Waals surface area (Å²) in [5, 5.41) is 0. The maximum absolute atomic E-state index is 6.79. The van der Waals surface area contributed by atoms with Crippen molar-refractivity contribution in [2.45, 2.75) is 68.3 Å². The lowest BCUT2D eigenvalue weighted by Crippen LogP contribution is -2.70. The van der Waals surface area contributed by atoms with Gasteiger partial charge in [0.05, 0.1) is 20.3 Å². The maximum atomic E-state index is 6.79. The van der Waals surface area contributed by atoms with E-state index < -0.39 is 5.79 Å². The third kappa shape index (κ3) is 2.07. The zero-order chi connectivity index (χ0) is 19.2. The number of ether oxygens (including phenoxy) is 4. The van der Waals surface area contributed by atoms with Gasteiger partial charge in [-0.3, -0.25) is 4.90 Å². The topological polar surface area (TPSA) is 40.2 Å². The summed E-state index contributed by atoms with van der Waals surface area (Å²) < 4.78 is 25.2. The first-order valence-electron chi connectivity index (χ1n) is 11.6. The minimum absolute atomic E-state index is 0.0147. The summed E-state index contributed by atoms with van der Waals surface area (Å²) in [4.78, 5) is 2.84. The summed E-state index contributed by atoms with van der Waals surface area (Å²) in [5.41, 5.74) is 2.92. The second-order valence-corrected chi connectivity index (χ2v) is 10.1. The Morgan fingerprint density at radius 3 is 2.76 bits per heavy atom. The molecule has 5 heteroatoms. The number of piperidine rings is 1. The standard InChI is InChI=1S/C24H31NO4/c1-26-19-6-5-16-13-18-17-7-8-24(27-11-12-28-24)22-23(17,20(16)21(19)29-22)9-10-25(18)14-15-3-2-4-15/h5-6,15,17-18,22H,2-4,7-14H2,1H3/t17-,18+,22+,23-/m1/s1. The number of rotatable bonds is 3. The van der Waals surface area contributed by atoms with Crippen LogP contribution in [0.1, 0.15) is 49.7 Å². The Morgan fingerprint density at radius 1 is 1.14 bits per heavy atom. The first-order valence-corrected chi connectivity index (χ1v) is 11.6. The maximum Gasteiger partial charge on any atom is 0.206 e.